The molecule has 0 radical (unpaired) electrons. The Bertz CT molecular complexity index is 897. The van der Waals surface area contributed by atoms with Crippen molar-refractivity contribution in [2.45, 2.75) is 25.8 Å². The number of ether oxygens (including phenoxy) is 1. The van der Waals surface area contributed by atoms with E-state index in [4.69, 9.17) is 16.3 Å². The van der Waals surface area contributed by atoms with E-state index in [1.807, 2.05) is 13.0 Å². The number of hydrogen-bond donors (Lipinski definition) is 2. The third-order valence-electron chi connectivity index (χ3n) is 4.30. The Hall–Kier alpha value is -2.86. The van der Waals surface area contributed by atoms with Gasteiger partial charge in [-0.2, -0.15) is 0 Å². The maximum atomic E-state index is 12.2. The highest BCUT2D eigenvalue weighted by molar-refractivity contribution is 6.30. The third-order valence-corrected chi connectivity index (χ3v) is 4.53. The molecule has 1 unspecified atom stereocenters. The summed E-state index contributed by atoms with van der Waals surface area (Å²) in [5.74, 6) is -1.02. The summed E-state index contributed by atoms with van der Waals surface area (Å²) < 4.78 is 5.10. The number of rotatable bonds is 5. The van der Waals surface area contributed by atoms with Crippen LogP contribution in [0.1, 0.15) is 40.9 Å². The van der Waals surface area contributed by atoms with Gasteiger partial charge in [0.25, 0.3) is 5.91 Å². The molecule has 2 amide bonds. The minimum absolute atomic E-state index is 0.0386. The number of hydrogen-bond acceptors (Lipinski definition) is 4. The van der Waals surface area contributed by atoms with Crippen LogP contribution in [0.25, 0.3) is 0 Å². The highest BCUT2D eigenvalue weighted by Crippen LogP contribution is 2.24. The van der Waals surface area contributed by atoms with E-state index in [1.165, 1.54) is 0 Å². The lowest BCUT2D eigenvalue weighted by atomic mass is 10.0. The zero-order valence-electron chi connectivity index (χ0n) is 14.8. The molecule has 0 aliphatic carbocycles. The van der Waals surface area contributed by atoms with Gasteiger partial charge in [0.1, 0.15) is 0 Å². The fourth-order valence-electron chi connectivity index (χ4n) is 2.87. The summed E-state index contributed by atoms with van der Waals surface area (Å²) in [6.45, 7) is 1.45. The van der Waals surface area contributed by atoms with Crippen molar-refractivity contribution in [3.8, 4) is 0 Å². The van der Waals surface area contributed by atoms with Crippen molar-refractivity contribution < 1.29 is 19.1 Å². The van der Waals surface area contributed by atoms with E-state index in [9.17, 15) is 14.4 Å². The Morgan fingerprint density at radius 1 is 1.22 bits per heavy atom. The van der Waals surface area contributed by atoms with E-state index in [0.717, 1.165) is 11.1 Å². The highest BCUT2D eigenvalue weighted by Gasteiger charge is 2.18. The van der Waals surface area contributed by atoms with Gasteiger partial charge >= 0.3 is 5.97 Å². The predicted molar refractivity (Wildman–Crippen MR) is 102 cm³/mol. The molecule has 0 fully saturated rings. The van der Waals surface area contributed by atoms with Crippen molar-refractivity contribution in [2.75, 3.05) is 11.9 Å². The van der Waals surface area contributed by atoms with E-state index >= 15 is 0 Å². The molecule has 27 heavy (non-hydrogen) atoms. The SMILES string of the molecule is CC(NC(=O)COC(=O)c1ccc2c(c1)CCC(=O)N2)c1cccc(Cl)c1. The number of fused-ring (bicyclic) bond motifs is 1. The second-order valence-corrected chi connectivity index (χ2v) is 6.78. The predicted octanol–water partition coefficient (Wildman–Crippen LogP) is 3.26. The van der Waals surface area contributed by atoms with Crippen LogP contribution in [0.2, 0.25) is 5.02 Å². The summed E-state index contributed by atoms with van der Waals surface area (Å²) in [4.78, 5) is 35.6. The standard InChI is InChI=1S/C20H19ClN2O4/c1-12(13-3-2-4-16(21)10-13)22-19(25)11-27-20(26)15-5-7-17-14(9-15)6-8-18(24)23-17/h2-5,7,9-10,12H,6,8,11H2,1H3,(H,22,25)(H,23,24). The summed E-state index contributed by atoms with van der Waals surface area (Å²) in [6, 6.07) is 11.8. The van der Waals surface area contributed by atoms with Crippen molar-refractivity contribution >= 4 is 35.1 Å². The van der Waals surface area contributed by atoms with Crippen molar-refractivity contribution in [1.82, 2.24) is 5.32 Å². The average Bonchev–Trinajstić information content (AvgIpc) is 2.65. The molecular formula is C20H19ClN2O4. The quantitative estimate of drug-likeness (QED) is 0.772. The van der Waals surface area contributed by atoms with Crippen LogP contribution in [-0.4, -0.2) is 24.4 Å². The lowest BCUT2D eigenvalue weighted by Gasteiger charge is -2.17. The number of carbonyl (C=O) groups excluding carboxylic acids is 3. The topological polar surface area (TPSA) is 84.5 Å². The first-order chi connectivity index (χ1) is 12.9. The van der Waals surface area contributed by atoms with Gasteiger partial charge in [-0.05, 0) is 54.8 Å². The number of halogens is 1. The van der Waals surface area contributed by atoms with Crippen LogP contribution < -0.4 is 10.6 Å². The van der Waals surface area contributed by atoms with Crippen molar-refractivity contribution in [1.29, 1.82) is 0 Å². The molecule has 3 rings (SSSR count). The van der Waals surface area contributed by atoms with Crippen molar-refractivity contribution in [3.05, 3.63) is 64.2 Å². The Labute approximate surface area is 161 Å². The molecule has 0 spiro atoms. The number of amides is 2. The first-order valence-electron chi connectivity index (χ1n) is 8.57. The molecule has 2 aromatic rings. The summed E-state index contributed by atoms with van der Waals surface area (Å²) in [5.41, 5.74) is 2.79. The van der Waals surface area contributed by atoms with E-state index in [1.54, 1.807) is 36.4 Å². The molecule has 0 bridgehead atoms. The zero-order chi connectivity index (χ0) is 19.4. The number of carbonyl (C=O) groups is 3. The molecular weight excluding hydrogens is 368 g/mol. The van der Waals surface area contributed by atoms with Gasteiger partial charge in [0.2, 0.25) is 5.91 Å². The van der Waals surface area contributed by atoms with Crippen LogP contribution in [0, 0.1) is 0 Å². The van der Waals surface area contributed by atoms with Gasteiger partial charge in [0.05, 0.1) is 11.6 Å². The van der Waals surface area contributed by atoms with Crippen molar-refractivity contribution in [2.24, 2.45) is 0 Å². The number of benzene rings is 2. The Balaban J connectivity index is 1.54. The largest absolute Gasteiger partial charge is 0.452 e. The zero-order valence-corrected chi connectivity index (χ0v) is 15.5. The molecule has 0 saturated heterocycles. The molecule has 1 aliphatic heterocycles. The van der Waals surface area contributed by atoms with Crippen LogP contribution in [0.4, 0.5) is 5.69 Å². The number of esters is 1. The summed E-state index contributed by atoms with van der Waals surface area (Å²) in [5, 5.41) is 6.10. The monoisotopic (exact) mass is 386 g/mol. The molecule has 0 aromatic heterocycles. The summed E-state index contributed by atoms with van der Waals surface area (Å²) >= 11 is 5.95. The van der Waals surface area contributed by atoms with Crippen LogP contribution in [-0.2, 0) is 20.7 Å². The first kappa shape index (κ1) is 18.9. The smallest absolute Gasteiger partial charge is 0.338 e. The second-order valence-electron chi connectivity index (χ2n) is 6.34. The minimum atomic E-state index is -0.583. The van der Waals surface area contributed by atoms with E-state index < -0.39 is 11.9 Å². The fourth-order valence-corrected chi connectivity index (χ4v) is 3.07. The van der Waals surface area contributed by atoms with Crippen molar-refractivity contribution in [3.63, 3.8) is 0 Å². The molecule has 6 nitrogen and oxygen atoms in total. The second kappa shape index (κ2) is 8.22. The molecule has 2 aromatic carbocycles. The van der Waals surface area contributed by atoms with Gasteiger partial charge in [-0.25, -0.2) is 4.79 Å². The Kier molecular flexibility index (Phi) is 5.76. The maximum absolute atomic E-state index is 12.2. The molecule has 140 valence electrons. The average molecular weight is 387 g/mol. The van der Waals surface area contributed by atoms with Crippen LogP contribution in [0.15, 0.2) is 42.5 Å². The molecule has 0 saturated carbocycles. The highest BCUT2D eigenvalue weighted by atomic mass is 35.5. The van der Waals surface area contributed by atoms with Gasteiger partial charge in [-0.15, -0.1) is 0 Å². The van der Waals surface area contributed by atoms with Gasteiger partial charge in [-0.3, -0.25) is 9.59 Å². The lowest BCUT2D eigenvalue weighted by Crippen LogP contribution is -2.31. The van der Waals surface area contributed by atoms with Gasteiger partial charge in [0.15, 0.2) is 6.61 Å². The van der Waals surface area contributed by atoms with Gasteiger partial charge < -0.3 is 15.4 Å². The summed E-state index contributed by atoms with van der Waals surface area (Å²) in [6.07, 6.45) is 0.954. The lowest BCUT2D eigenvalue weighted by molar-refractivity contribution is -0.124. The molecule has 1 heterocycles. The van der Waals surface area contributed by atoms with Gasteiger partial charge in [0, 0.05) is 17.1 Å². The van der Waals surface area contributed by atoms with Crippen LogP contribution in [0.3, 0.4) is 0 Å². The maximum Gasteiger partial charge on any atom is 0.338 e. The fraction of sp³-hybridized carbons (Fsp3) is 0.250. The number of aryl methyl sites for hydroxylation is 1. The molecule has 2 N–H and O–H groups in total. The van der Waals surface area contributed by atoms with E-state index in [-0.39, 0.29) is 18.6 Å². The third kappa shape index (κ3) is 4.86. The first-order valence-corrected chi connectivity index (χ1v) is 8.95. The molecule has 1 aliphatic rings. The number of nitrogens with one attached hydrogen (secondary N) is 2. The summed E-state index contributed by atoms with van der Waals surface area (Å²) in [7, 11) is 0. The van der Waals surface area contributed by atoms with Crippen LogP contribution >= 0.6 is 11.6 Å². The molecule has 7 heteroatoms. The normalized spacial score (nSPS) is 13.9. The van der Waals surface area contributed by atoms with E-state index in [2.05, 4.69) is 10.6 Å². The number of anilines is 1. The molecule has 1 atom stereocenters. The Morgan fingerprint density at radius 2 is 2.04 bits per heavy atom. The minimum Gasteiger partial charge on any atom is -0.452 e. The Morgan fingerprint density at radius 3 is 2.81 bits per heavy atom. The van der Waals surface area contributed by atoms with Crippen LogP contribution in [0.5, 0.6) is 0 Å². The van der Waals surface area contributed by atoms with E-state index in [0.29, 0.717) is 29.1 Å². The van der Waals surface area contributed by atoms with Gasteiger partial charge in [-0.1, -0.05) is 23.7 Å².